The third-order valence-electron chi connectivity index (χ3n) is 6.82. The van der Waals surface area contributed by atoms with Gasteiger partial charge in [-0.1, -0.05) is 89.7 Å². The van der Waals surface area contributed by atoms with E-state index in [1.54, 1.807) is 24.9 Å². The molecule has 0 spiro atoms. The van der Waals surface area contributed by atoms with Crippen molar-refractivity contribution in [3.05, 3.63) is 118 Å². The van der Waals surface area contributed by atoms with Gasteiger partial charge in [0.25, 0.3) is 5.91 Å². The lowest BCUT2D eigenvalue weighted by molar-refractivity contribution is 0.0957. The minimum Gasteiger partial charge on any atom is -0.497 e. The summed E-state index contributed by atoms with van der Waals surface area (Å²) in [6.07, 6.45) is 16.8. The molecule has 0 aliphatic heterocycles. The Hall–Kier alpha value is -3.55. The molecule has 0 radical (unpaired) electrons. The average molecular weight is 603 g/mol. The topological polar surface area (TPSA) is 70.9 Å². The van der Waals surface area contributed by atoms with E-state index in [-0.39, 0.29) is 11.8 Å². The number of nitrogens with one attached hydrogen (secondary N) is 1. The van der Waals surface area contributed by atoms with Gasteiger partial charge in [0, 0.05) is 24.3 Å². The Kier molecular flexibility index (Phi) is 13.2. The molecular formula is C35H42N2O3S2. The van der Waals surface area contributed by atoms with E-state index in [9.17, 15) is 10.0 Å². The van der Waals surface area contributed by atoms with Crippen molar-refractivity contribution in [1.29, 1.82) is 0 Å². The van der Waals surface area contributed by atoms with Gasteiger partial charge >= 0.3 is 0 Å². The van der Waals surface area contributed by atoms with Crippen molar-refractivity contribution in [2.24, 2.45) is 5.16 Å². The zero-order valence-corrected chi connectivity index (χ0v) is 26.7. The highest BCUT2D eigenvalue weighted by atomic mass is 32.2. The predicted molar refractivity (Wildman–Crippen MR) is 180 cm³/mol. The van der Waals surface area contributed by atoms with Crippen molar-refractivity contribution in [2.75, 3.05) is 19.4 Å². The van der Waals surface area contributed by atoms with Crippen LogP contribution in [0.4, 0.5) is 0 Å². The molecule has 2 N–H and O–H groups in total. The molecule has 1 aromatic heterocycles. The Balaban J connectivity index is 1.84. The first kappa shape index (κ1) is 33.0. The lowest BCUT2D eigenvalue weighted by atomic mass is 9.80. The molecule has 1 aliphatic carbocycles. The number of allylic oxidation sites excluding steroid dienone is 8. The second kappa shape index (κ2) is 16.8. The summed E-state index contributed by atoms with van der Waals surface area (Å²) in [7, 11) is 1.65. The summed E-state index contributed by atoms with van der Waals surface area (Å²) in [5.41, 5.74) is 7.22. The van der Waals surface area contributed by atoms with E-state index in [1.165, 1.54) is 22.5 Å². The molecule has 1 unspecified atom stereocenters. The number of rotatable bonds is 14. The van der Waals surface area contributed by atoms with Crippen LogP contribution in [0.15, 0.2) is 106 Å². The average Bonchev–Trinajstić information content (AvgIpc) is 3.35. The summed E-state index contributed by atoms with van der Waals surface area (Å²) in [6.45, 7) is 14.4. The number of fused-ring (bicyclic) bond motifs is 1. The molecule has 0 saturated heterocycles. The van der Waals surface area contributed by atoms with Crippen LogP contribution in [0.3, 0.4) is 0 Å². The van der Waals surface area contributed by atoms with Crippen molar-refractivity contribution in [3.8, 4) is 5.75 Å². The summed E-state index contributed by atoms with van der Waals surface area (Å²) >= 11 is 3.18. The fourth-order valence-electron chi connectivity index (χ4n) is 4.81. The van der Waals surface area contributed by atoms with Gasteiger partial charge in [-0.15, -0.1) is 23.1 Å². The van der Waals surface area contributed by atoms with Gasteiger partial charge in [0.1, 0.15) is 5.75 Å². The van der Waals surface area contributed by atoms with E-state index in [1.807, 2.05) is 37.3 Å². The second-order valence-electron chi connectivity index (χ2n) is 10.5. The maximum Gasteiger partial charge on any atom is 0.261 e. The highest BCUT2D eigenvalue weighted by Gasteiger charge is 2.34. The van der Waals surface area contributed by atoms with Crippen molar-refractivity contribution in [1.82, 2.24) is 5.32 Å². The Morgan fingerprint density at radius 1 is 1.14 bits per heavy atom. The van der Waals surface area contributed by atoms with Crippen LogP contribution in [0.1, 0.15) is 72.3 Å². The fourth-order valence-corrected chi connectivity index (χ4v) is 7.31. The van der Waals surface area contributed by atoms with Crippen molar-refractivity contribution < 1.29 is 14.7 Å². The standard InChI is InChI=1S/C35H42N2O3S2/c1-7-8-10-14-26(5)23-41-35-32-30(21-28(22-31(32)37-39)27-15-17-29(40-6)18-16-27)33(42-35)34(38)36-19-12-9-11-13-25(4)20-24(2)3/h7-11,13-18,28,39H,1-2,12,19-23H2,3-6H3,(H,36,38)/b10-8-,11-9-,25-13-,26-14+,37-31+. The molecule has 222 valence electrons. The molecule has 5 nitrogen and oxygen atoms in total. The molecule has 2 aromatic rings. The smallest absolute Gasteiger partial charge is 0.261 e. The monoisotopic (exact) mass is 602 g/mol. The first-order valence-corrected chi connectivity index (χ1v) is 15.9. The molecule has 1 aliphatic rings. The predicted octanol–water partition coefficient (Wildman–Crippen LogP) is 9.03. The van der Waals surface area contributed by atoms with Crippen LogP contribution < -0.4 is 10.1 Å². The zero-order valence-electron chi connectivity index (χ0n) is 25.1. The first-order valence-electron chi connectivity index (χ1n) is 14.1. The number of nitrogens with zero attached hydrogens (tertiary/aromatic N) is 1. The number of thiophene rings is 1. The first-order chi connectivity index (χ1) is 20.3. The van der Waals surface area contributed by atoms with Gasteiger partial charge in [0.2, 0.25) is 0 Å². The lowest BCUT2D eigenvalue weighted by Gasteiger charge is -2.25. The lowest BCUT2D eigenvalue weighted by Crippen LogP contribution is -2.26. The van der Waals surface area contributed by atoms with Gasteiger partial charge < -0.3 is 15.3 Å². The number of methoxy groups -OCH3 is 1. The molecule has 1 heterocycles. The Morgan fingerprint density at radius 3 is 2.55 bits per heavy atom. The minimum absolute atomic E-state index is 0.0839. The fraction of sp³-hybridized carbons (Fsp3) is 0.314. The van der Waals surface area contributed by atoms with Crippen LogP contribution in [0, 0.1) is 0 Å². The summed E-state index contributed by atoms with van der Waals surface area (Å²) in [6, 6.07) is 7.99. The molecule has 3 rings (SSSR count). The number of carbonyl (C=O) groups is 1. The van der Waals surface area contributed by atoms with Gasteiger partial charge in [0.05, 0.1) is 21.9 Å². The molecule has 7 heteroatoms. The third-order valence-corrected chi connectivity index (χ3v) is 9.52. The molecule has 0 saturated carbocycles. The van der Waals surface area contributed by atoms with Crippen molar-refractivity contribution >= 4 is 34.7 Å². The van der Waals surface area contributed by atoms with Crippen molar-refractivity contribution in [2.45, 2.75) is 56.6 Å². The van der Waals surface area contributed by atoms with Crippen LogP contribution in [-0.4, -0.2) is 36.2 Å². The van der Waals surface area contributed by atoms with E-state index in [4.69, 9.17) is 4.74 Å². The van der Waals surface area contributed by atoms with Gasteiger partial charge in [-0.2, -0.15) is 0 Å². The van der Waals surface area contributed by atoms with E-state index in [2.05, 4.69) is 67.8 Å². The maximum atomic E-state index is 13.5. The van der Waals surface area contributed by atoms with Gasteiger partial charge in [-0.05, 0) is 69.2 Å². The molecule has 1 amide bonds. The van der Waals surface area contributed by atoms with Crippen LogP contribution in [0.2, 0.25) is 0 Å². The maximum absolute atomic E-state index is 13.5. The largest absolute Gasteiger partial charge is 0.497 e. The minimum atomic E-state index is -0.0839. The Labute approximate surface area is 259 Å². The second-order valence-corrected chi connectivity index (χ2v) is 12.8. The number of hydrogen-bond acceptors (Lipinski definition) is 6. The number of hydrogen-bond donors (Lipinski definition) is 2. The Bertz CT molecular complexity index is 1410. The molecule has 0 fully saturated rings. The zero-order chi connectivity index (χ0) is 30.5. The van der Waals surface area contributed by atoms with Crippen LogP contribution in [0.25, 0.3) is 0 Å². The highest BCUT2D eigenvalue weighted by Crippen LogP contribution is 2.44. The van der Waals surface area contributed by atoms with E-state index >= 15 is 0 Å². The van der Waals surface area contributed by atoms with Crippen LogP contribution in [0.5, 0.6) is 5.75 Å². The number of amides is 1. The number of carbonyl (C=O) groups excluding carboxylic acids is 1. The number of ether oxygens (including phenoxy) is 1. The summed E-state index contributed by atoms with van der Waals surface area (Å²) < 4.78 is 6.34. The quantitative estimate of drug-likeness (QED) is 0.0565. The third kappa shape index (κ3) is 9.50. The molecule has 42 heavy (non-hydrogen) atoms. The van der Waals surface area contributed by atoms with E-state index in [0.717, 1.165) is 50.8 Å². The van der Waals surface area contributed by atoms with Gasteiger partial charge in [-0.25, -0.2) is 0 Å². The Morgan fingerprint density at radius 2 is 1.88 bits per heavy atom. The number of benzene rings is 1. The molecular weight excluding hydrogens is 561 g/mol. The number of oxime groups is 1. The molecule has 1 atom stereocenters. The van der Waals surface area contributed by atoms with E-state index in [0.29, 0.717) is 30.0 Å². The van der Waals surface area contributed by atoms with Crippen LogP contribution in [-0.2, 0) is 6.42 Å². The van der Waals surface area contributed by atoms with Crippen molar-refractivity contribution in [3.63, 3.8) is 0 Å². The summed E-state index contributed by atoms with van der Waals surface area (Å²) in [4.78, 5) is 14.2. The normalized spacial score (nSPS) is 16.7. The van der Waals surface area contributed by atoms with E-state index < -0.39 is 0 Å². The molecule has 0 bridgehead atoms. The highest BCUT2D eigenvalue weighted by molar-refractivity contribution is 8.01. The van der Waals surface area contributed by atoms with Gasteiger partial charge in [0.15, 0.2) is 0 Å². The SMILES string of the molecule is C=C/C=C\C=C(/C)CSc1sc(C(=O)NCC/C=C\C=C(\C)CC(=C)C)c2c1/C(=N/O)CC(c1ccc(OC)cc1)C2. The number of thioether (sulfide) groups is 1. The molecule has 1 aromatic carbocycles. The summed E-state index contributed by atoms with van der Waals surface area (Å²) in [5, 5.41) is 17.0. The summed E-state index contributed by atoms with van der Waals surface area (Å²) in [5.74, 6) is 1.57. The van der Waals surface area contributed by atoms with Crippen LogP contribution >= 0.6 is 23.1 Å². The van der Waals surface area contributed by atoms with Gasteiger partial charge in [-0.3, -0.25) is 4.79 Å².